The van der Waals surface area contributed by atoms with E-state index in [1.54, 1.807) is 24.3 Å². The van der Waals surface area contributed by atoms with Crippen LogP contribution in [0.3, 0.4) is 0 Å². The number of rotatable bonds is 29. The van der Waals surface area contributed by atoms with Gasteiger partial charge in [0.15, 0.2) is 17.8 Å². The van der Waals surface area contributed by atoms with Crippen LogP contribution >= 0.6 is 0 Å². The monoisotopic (exact) mass is 881 g/mol. The van der Waals surface area contributed by atoms with Crippen LogP contribution < -0.4 is 18.9 Å². The van der Waals surface area contributed by atoms with Crippen molar-refractivity contribution in [1.82, 2.24) is 0 Å². The van der Waals surface area contributed by atoms with Crippen molar-refractivity contribution in [3.05, 3.63) is 109 Å². The molecule has 0 bridgehead atoms. The zero-order valence-corrected chi connectivity index (χ0v) is 38.0. The Labute approximate surface area is 381 Å². The average Bonchev–Trinajstić information content (AvgIpc) is 3.33. The van der Waals surface area contributed by atoms with Gasteiger partial charge in [-0.05, 0) is 186 Å². The number of esters is 3. The van der Waals surface area contributed by atoms with Gasteiger partial charge >= 0.3 is 17.9 Å². The summed E-state index contributed by atoms with van der Waals surface area (Å²) in [7, 11) is 0. The molecule has 3 aromatic carbocycles. The summed E-state index contributed by atoms with van der Waals surface area (Å²) in [5, 5.41) is 9.34. The number of aliphatic hydroxyl groups is 1. The smallest absolute Gasteiger partial charge is 0.330 e. The number of carbonyl (C=O) groups is 3. The van der Waals surface area contributed by atoms with Crippen LogP contribution in [0.25, 0.3) is 0 Å². The SMILES string of the molecule is C=CC(=O)OCCCCCCOc1ccc(C2CCC(CCC(=O)Oc3ccccc3OC(=O)CCC3CCC(c4ccc(OCCCCCCOC(O)C=C)cc4)CC3)CC2)cc1. The Kier molecular flexibility index (Phi) is 22.5. The maximum atomic E-state index is 13.0. The van der Waals surface area contributed by atoms with Crippen LogP contribution in [0.2, 0.25) is 0 Å². The van der Waals surface area contributed by atoms with Crippen LogP contribution in [0.4, 0.5) is 0 Å². The van der Waals surface area contributed by atoms with Gasteiger partial charge in [-0.15, -0.1) is 0 Å². The molecule has 5 rings (SSSR count). The molecule has 0 aliphatic heterocycles. The molecule has 0 aromatic heterocycles. The van der Waals surface area contributed by atoms with Crippen LogP contribution in [0.1, 0.15) is 151 Å². The average molecular weight is 881 g/mol. The highest BCUT2D eigenvalue weighted by atomic mass is 16.6. The van der Waals surface area contributed by atoms with Gasteiger partial charge in [0.25, 0.3) is 0 Å². The Morgan fingerprint density at radius 2 is 0.984 bits per heavy atom. The number of para-hydroxylation sites is 2. The number of ether oxygens (including phenoxy) is 6. The van der Waals surface area contributed by atoms with Crippen molar-refractivity contribution in [3.8, 4) is 23.0 Å². The van der Waals surface area contributed by atoms with Gasteiger partial charge in [-0.2, -0.15) is 0 Å². The minimum absolute atomic E-state index is 0.293. The standard InChI is InChI=1S/C54H72O10/c1-3-51(55)61-39-13-7-5-11-37-59-47-31-27-45(28-32-47)43-23-17-41(18-24-43)21-35-53(57)63-49-15-9-10-16-50(49)64-54(58)36-22-42-19-25-44(26-20-42)46-29-33-48(34-30-46)60-38-12-6-8-14-40-62-52(56)4-2/h3-4,9-10,15-16,27-34,41-44,51,55H,1-2,5-8,11-14,17-26,35-40H2. The van der Waals surface area contributed by atoms with Crippen molar-refractivity contribution in [2.75, 3.05) is 26.4 Å². The molecule has 0 radical (unpaired) electrons. The maximum absolute atomic E-state index is 13.0. The Balaban J connectivity index is 0.906. The van der Waals surface area contributed by atoms with Crippen molar-refractivity contribution >= 4 is 17.9 Å². The van der Waals surface area contributed by atoms with Gasteiger partial charge < -0.3 is 33.5 Å². The molecule has 0 amide bonds. The van der Waals surface area contributed by atoms with E-state index in [1.165, 1.54) is 23.3 Å². The van der Waals surface area contributed by atoms with E-state index in [1.807, 2.05) is 0 Å². The molecule has 64 heavy (non-hydrogen) atoms. The number of benzene rings is 3. The topological polar surface area (TPSA) is 127 Å². The first kappa shape index (κ1) is 50.1. The van der Waals surface area contributed by atoms with Crippen molar-refractivity contribution < 1.29 is 47.9 Å². The highest BCUT2D eigenvalue weighted by Gasteiger charge is 2.25. The Morgan fingerprint density at radius 3 is 1.41 bits per heavy atom. The second kappa shape index (κ2) is 28.8. The fourth-order valence-electron chi connectivity index (χ4n) is 8.85. The van der Waals surface area contributed by atoms with E-state index < -0.39 is 6.29 Å². The Hall–Kier alpha value is -4.93. The number of carbonyl (C=O) groups excluding carboxylic acids is 3. The lowest BCUT2D eigenvalue weighted by Crippen LogP contribution is -2.17. The normalized spacial score (nSPS) is 18.9. The summed E-state index contributed by atoms with van der Waals surface area (Å²) in [6.45, 7) is 9.21. The molecule has 2 fully saturated rings. The van der Waals surface area contributed by atoms with Gasteiger partial charge in [-0.3, -0.25) is 9.59 Å². The quantitative estimate of drug-likeness (QED) is 0.0180. The second-order valence-corrected chi connectivity index (χ2v) is 17.4. The zero-order chi connectivity index (χ0) is 45.2. The molecular weight excluding hydrogens is 809 g/mol. The van der Waals surface area contributed by atoms with Gasteiger partial charge in [-0.25, -0.2) is 4.79 Å². The summed E-state index contributed by atoms with van der Waals surface area (Å²) < 4.78 is 33.6. The minimum atomic E-state index is -0.878. The lowest BCUT2D eigenvalue weighted by Gasteiger charge is -2.29. The van der Waals surface area contributed by atoms with Gasteiger partial charge in [0.2, 0.25) is 0 Å². The second-order valence-electron chi connectivity index (χ2n) is 17.4. The molecule has 0 spiro atoms. The highest BCUT2D eigenvalue weighted by molar-refractivity contribution is 5.81. The first-order valence-corrected chi connectivity index (χ1v) is 24.0. The summed E-state index contributed by atoms with van der Waals surface area (Å²) in [6.07, 6.45) is 20.4. The number of hydrogen-bond donors (Lipinski definition) is 1. The van der Waals surface area contributed by atoms with Crippen molar-refractivity contribution in [1.29, 1.82) is 0 Å². The Morgan fingerprint density at radius 1 is 0.562 bits per heavy atom. The van der Waals surface area contributed by atoms with E-state index in [-0.39, 0.29) is 17.9 Å². The minimum Gasteiger partial charge on any atom is -0.494 e. The molecule has 348 valence electrons. The van der Waals surface area contributed by atoms with Crippen molar-refractivity contribution in [3.63, 3.8) is 0 Å². The van der Waals surface area contributed by atoms with E-state index >= 15 is 0 Å². The number of aliphatic hydroxyl groups excluding tert-OH is 1. The van der Waals surface area contributed by atoms with E-state index in [0.717, 1.165) is 127 Å². The van der Waals surface area contributed by atoms with Gasteiger partial charge in [0.05, 0.1) is 26.4 Å². The molecule has 2 aliphatic carbocycles. The lowest BCUT2D eigenvalue weighted by molar-refractivity contribution is -0.138. The van der Waals surface area contributed by atoms with Crippen molar-refractivity contribution in [2.45, 2.75) is 147 Å². The fraction of sp³-hybridized carbons (Fsp3) is 0.537. The summed E-state index contributed by atoms with van der Waals surface area (Å²) in [6, 6.07) is 24.0. The third kappa shape index (κ3) is 18.7. The summed E-state index contributed by atoms with van der Waals surface area (Å²) in [4.78, 5) is 37.0. The molecule has 1 N–H and O–H groups in total. The summed E-state index contributed by atoms with van der Waals surface area (Å²) in [5.41, 5.74) is 2.69. The molecule has 2 saturated carbocycles. The molecule has 10 nitrogen and oxygen atoms in total. The van der Waals surface area contributed by atoms with E-state index in [0.29, 0.717) is 74.4 Å². The summed E-state index contributed by atoms with van der Waals surface area (Å²) in [5.74, 6) is 3.39. The lowest BCUT2D eigenvalue weighted by atomic mass is 9.77. The Bertz CT molecular complexity index is 1820. The van der Waals surface area contributed by atoms with Gasteiger partial charge in [0, 0.05) is 18.9 Å². The maximum Gasteiger partial charge on any atom is 0.330 e. The highest BCUT2D eigenvalue weighted by Crippen LogP contribution is 2.40. The predicted molar refractivity (Wildman–Crippen MR) is 250 cm³/mol. The van der Waals surface area contributed by atoms with Crippen LogP contribution in [0, 0.1) is 11.8 Å². The van der Waals surface area contributed by atoms with E-state index in [2.05, 4.69) is 61.7 Å². The zero-order valence-electron chi connectivity index (χ0n) is 38.0. The molecule has 2 aliphatic rings. The molecule has 3 aromatic rings. The molecular formula is C54H72O10. The molecule has 10 heteroatoms. The van der Waals surface area contributed by atoms with Gasteiger partial charge in [-0.1, -0.05) is 56.0 Å². The first-order valence-electron chi connectivity index (χ1n) is 24.0. The van der Waals surface area contributed by atoms with E-state index in [4.69, 9.17) is 28.4 Å². The van der Waals surface area contributed by atoms with Crippen LogP contribution in [0.5, 0.6) is 23.0 Å². The van der Waals surface area contributed by atoms with Crippen LogP contribution in [0.15, 0.2) is 98.1 Å². The van der Waals surface area contributed by atoms with Crippen LogP contribution in [-0.2, 0) is 23.9 Å². The third-order valence-electron chi connectivity index (χ3n) is 12.7. The molecule has 0 heterocycles. The summed E-state index contributed by atoms with van der Waals surface area (Å²) >= 11 is 0. The predicted octanol–water partition coefficient (Wildman–Crippen LogP) is 12.1. The number of hydrogen-bond acceptors (Lipinski definition) is 10. The van der Waals surface area contributed by atoms with Gasteiger partial charge in [0.1, 0.15) is 11.5 Å². The molecule has 0 saturated heterocycles. The van der Waals surface area contributed by atoms with Crippen LogP contribution in [-0.4, -0.2) is 55.7 Å². The fourth-order valence-corrected chi connectivity index (χ4v) is 8.85. The third-order valence-corrected chi connectivity index (χ3v) is 12.7. The molecule has 1 atom stereocenters. The number of unbranched alkanes of at least 4 members (excludes halogenated alkanes) is 6. The van der Waals surface area contributed by atoms with Crippen molar-refractivity contribution in [2.24, 2.45) is 11.8 Å². The largest absolute Gasteiger partial charge is 0.494 e. The van der Waals surface area contributed by atoms with E-state index in [9.17, 15) is 19.5 Å². The molecule has 1 unspecified atom stereocenters. The first-order chi connectivity index (χ1) is 31.3.